The summed E-state index contributed by atoms with van der Waals surface area (Å²) in [6.07, 6.45) is 0.660. The number of amides is 3. The summed E-state index contributed by atoms with van der Waals surface area (Å²) in [6.45, 7) is 2.36. The summed E-state index contributed by atoms with van der Waals surface area (Å²) < 4.78 is 29.9. The van der Waals surface area contributed by atoms with Crippen molar-refractivity contribution in [3.05, 3.63) is 35.5 Å². The molecule has 35 heavy (non-hydrogen) atoms. The van der Waals surface area contributed by atoms with Gasteiger partial charge in [-0.15, -0.1) is 0 Å². The van der Waals surface area contributed by atoms with E-state index in [-0.39, 0.29) is 18.7 Å². The maximum atomic E-state index is 15.0. The summed E-state index contributed by atoms with van der Waals surface area (Å²) in [4.78, 5) is 43.6. The smallest absolute Gasteiger partial charge is 0.256 e. The van der Waals surface area contributed by atoms with Crippen LogP contribution in [0.15, 0.2) is 24.3 Å². The average molecular weight is 484 g/mol. The van der Waals surface area contributed by atoms with E-state index in [1.54, 1.807) is 12.1 Å². The van der Waals surface area contributed by atoms with E-state index in [0.717, 1.165) is 11.1 Å². The van der Waals surface area contributed by atoms with Gasteiger partial charge in [-0.25, -0.2) is 8.78 Å². The van der Waals surface area contributed by atoms with Gasteiger partial charge in [0, 0.05) is 36.0 Å². The molecule has 0 spiro atoms. The lowest BCUT2D eigenvalue weighted by molar-refractivity contribution is -0.179. The number of halogens is 2. The van der Waals surface area contributed by atoms with Crippen LogP contribution in [0.5, 0.6) is 0 Å². The monoisotopic (exact) mass is 483 g/mol. The number of nitriles is 1. The van der Waals surface area contributed by atoms with Gasteiger partial charge in [-0.3, -0.25) is 14.4 Å². The van der Waals surface area contributed by atoms with E-state index in [1.165, 1.54) is 4.90 Å². The lowest BCUT2D eigenvalue weighted by Gasteiger charge is -2.53. The zero-order valence-electron chi connectivity index (χ0n) is 19.3. The third-order valence-corrected chi connectivity index (χ3v) is 7.62. The van der Waals surface area contributed by atoms with E-state index in [0.29, 0.717) is 30.5 Å². The van der Waals surface area contributed by atoms with E-state index in [2.05, 4.69) is 15.6 Å². The Morgan fingerprint density at radius 1 is 1.31 bits per heavy atom. The number of nitrogens with zero attached hydrogens (tertiary/aromatic N) is 2. The van der Waals surface area contributed by atoms with Gasteiger partial charge in [0.25, 0.3) is 11.8 Å². The Morgan fingerprint density at radius 3 is 2.80 bits per heavy atom. The van der Waals surface area contributed by atoms with Crippen molar-refractivity contribution in [3.8, 4) is 6.07 Å². The first-order valence-corrected chi connectivity index (χ1v) is 12.0. The number of aryl methyl sites for hydroxylation is 1. The van der Waals surface area contributed by atoms with Crippen molar-refractivity contribution in [1.29, 1.82) is 5.26 Å². The van der Waals surface area contributed by atoms with Crippen molar-refractivity contribution in [3.63, 3.8) is 0 Å². The molecule has 3 amide bonds. The number of hydrogen-bond donors (Lipinski definition) is 3. The van der Waals surface area contributed by atoms with Crippen LogP contribution in [0.4, 0.5) is 8.78 Å². The molecule has 4 fully saturated rings. The van der Waals surface area contributed by atoms with Crippen LogP contribution in [0.25, 0.3) is 10.9 Å². The zero-order valence-corrected chi connectivity index (χ0v) is 19.3. The number of rotatable bonds is 5. The summed E-state index contributed by atoms with van der Waals surface area (Å²) in [5.41, 5.74) is 1.78. The number of benzene rings is 1. The second-order valence-electron chi connectivity index (χ2n) is 9.88. The van der Waals surface area contributed by atoms with E-state index in [4.69, 9.17) is 0 Å². The van der Waals surface area contributed by atoms with Gasteiger partial charge in [-0.05, 0) is 44.7 Å². The Bertz CT molecular complexity index is 1240. The van der Waals surface area contributed by atoms with Crippen LogP contribution in [0.3, 0.4) is 0 Å². The number of nitrogens with one attached hydrogen (secondary N) is 3. The third-order valence-electron chi connectivity index (χ3n) is 7.62. The van der Waals surface area contributed by atoms with Gasteiger partial charge in [0.15, 0.2) is 0 Å². The Kier molecular flexibility index (Phi) is 5.74. The van der Waals surface area contributed by atoms with Gasteiger partial charge >= 0.3 is 0 Å². The number of H-pyrrole nitrogens is 1. The molecule has 4 heterocycles. The summed E-state index contributed by atoms with van der Waals surface area (Å²) in [7, 11) is 0. The van der Waals surface area contributed by atoms with Crippen molar-refractivity contribution in [2.24, 2.45) is 11.8 Å². The second kappa shape index (κ2) is 8.63. The quantitative estimate of drug-likeness (QED) is 0.606. The number of aromatic amines is 1. The number of alkyl halides is 2. The predicted molar refractivity (Wildman–Crippen MR) is 122 cm³/mol. The fourth-order valence-electron chi connectivity index (χ4n) is 5.97. The largest absolute Gasteiger partial charge is 0.358 e. The zero-order chi connectivity index (χ0) is 24.9. The first-order chi connectivity index (χ1) is 16.7. The molecule has 1 aromatic heterocycles. The highest BCUT2D eigenvalue weighted by atomic mass is 19.3. The van der Waals surface area contributed by atoms with Crippen LogP contribution in [0, 0.1) is 30.1 Å². The number of carbonyl (C=O) groups excluding carboxylic acids is 3. The maximum absolute atomic E-state index is 15.0. The van der Waals surface area contributed by atoms with Gasteiger partial charge in [0.2, 0.25) is 11.8 Å². The van der Waals surface area contributed by atoms with Crippen molar-refractivity contribution in [2.75, 3.05) is 6.54 Å². The van der Waals surface area contributed by atoms with E-state index < -0.39 is 54.1 Å². The lowest BCUT2D eigenvalue weighted by Crippen LogP contribution is -2.68. The number of para-hydroxylation sites is 1. The van der Waals surface area contributed by atoms with Crippen molar-refractivity contribution >= 4 is 28.6 Å². The molecule has 10 heteroatoms. The number of fused-ring (bicyclic) bond motifs is 4. The lowest BCUT2D eigenvalue weighted by atomic mass is 9.71. The fourth-order valence-corrected chi connectivity index (χ4v) is 5.97. The predicted octanol–water partition coefficient (Wildman–Crippen LogP) is 2.64. The average Bonchev–Trinajstić information content (AvgIpc) is 3.40. The molecule has 1 saturated carbocycles. The molecule has 2 aromatic rings. The van der Waals surface area contributed by atoms with Crippen LogP contribution in [0.1, 0.15) is 48.2 Å². The van der Waals surface area contributed by atoms with Crippen molar-refractivity contribution in [1.82, 2.24) is 20.5 Å². The van der Waals surface area contributed by atoms with Crippen LogP contribution in [0.2, 0.25) is 0 Å². The topological polar surface area (TPSA) is 118 Å². The summed E-state index contributed by atoms with van der Waals surface area (Å²) in [6, 6.07) is 5.88. The van der Waals surface area contributed by atoms with E-state index in [9.17, 15) is 28.4 Å². The number of piperidine rings is 2. The van der Waals surface area contributed by atoms with E-state index >= 15 is 0 Å². The number of aromatic nitrogens is 1. The van der Waals surface area contributed by atoms with Crippen molar-refractivity contribution < 1.29 is 23.2 Å². The Hall–Kier alpha value is -3.48. The van der Waals surface area contributed by atoms with Crippen LogP contribution < -0.4 is 10.6 Å². The minimum Gasteiger partial charge on any atom is -0.358 e. The van der Waals surface area contributed by atoms with Gasteiger partial charge < -0.3 is 20.5 Å². The standard InChI is InChI=1S/C25H27F2N5O3/c1-13-9-14-3-2-4-18(20(14)30-13)24(35)32-17-5-6-19(25(26,27)11-17)21(32)23(34)31-16(12-28)10-15-7-8-29-22(15)33/h2-4,9,15-17,19,21,30H,5-8,10-11H2,1H3,(H,29,33)(H,31,34)/t15-,16-,17+,19+,21-/m1/s1. The normalized spacial score (nSPS) is 27.9. The molecule has 184 valence electrons. The summed E-state index contributed by atoms with van der Waals surface area (Å²) >= 11 is 0. The minimum atomic E-state index is -3.09. The Morgan fingerprint density at radius 2 is 2.11 bits per heavy atom. The maximum Gasteiger partial charge on any atom is 0.256 e. The Labute approximate surface area is 201 Å². The SMILES string of the molecule is Cc1cc2cccc(C(=O)N3[C@H]4CC[C@@H]([C@@H]3C(=O)N[C@@H](C#N)C[C@H]3CCNC3=O)C(F)(F)C4)c2[nH]1. The highest BCUT2D eigenvalue weighted by Crippen LogP contribution is 2.49. The molecule has 3 saturated heterocycles. The van der Waals surface area contributed by atoms with Crippen LogP contribution in [-0.2, 0) is 9.59 Å². The van der Waals surface area contributed by atoms with Gasteiger partial charge in [-0.2, -0.15) is 5.26 Å². The molecular weight excluding hydrogens is 456 g/mol. The first-order valence-electron chi connectivity index (χ1n) is 12.0. The molecule has 0 radical (unpaired) electrons. The molecule has 3 aliphatic heterocycles. The molecule has 5 atom stereocenters. The van der Waals surface area contributed by atoms with Crippen molar-refractivity contribution in [2.45, 2.75) is 63.1 Å². The fraction of sp³-hybridized carbons (Fsp3) is 0.520. The van der Waals surface area contributed by atoms with Gasteiger partial charge in [-0.1, -0.05) is 12.1 Å². The minimum absolute atomic E-state index is 0.0975. The molecule has 1 aromatic carbocycles. The van der Waals surface area contributed by atoms with E-state index in [1.807, 2.05) is 25.1 Å². The molecule has 2 bridgehead atoms. The van der Waals surface area contributed by atoms with Gasteiger partial charge in [0.05, 0.1) is 23.1 Å². The summed E-state index contributed by atoms with van der Waals surface area (Å²) in [5.74, 6) is -6.29. The highest BCUT2D eigenvalue weighted by molar-refractivity contribution is 6.07. The molecule has 8 nitrogen and oxygen atoms in total. The molecule has 3 N–H and O–H groups in total. The molecule has 6 rings (SSSR count). The van der Waals surface area contributed by atoms with Crippen LogP contribution >= 0.6 is 0 Å². The third kappa shape index (κ3) is 4.03. The van der Waals surface area contributed by atoms with Gasteiger partial charge in [0.1, 0.15) is 12.1 Å². The number of carbonyl (C=O) groups is 3. The molecule has 0 unspecified atom stereocenters. The molecule has 4 aliphatic rings. The second-order valence-corrected chi connectivity index (χ2v) is 9.88. The molecule has 1 aliphatic carbocycles. The first kappa shape index (κ1) is 23.3. The molecular formula is C25H27F2N5O3. The summed E-state index contributed by atoms with van der Waals surface area (Å²) in [5, 5.41) is 15.7. The number of hydrogen-bond acceptors (Lipinski definition) is 4. The highest BCUT2D eigenvalue weighted by Gasteiger charge is 2.60. The van der Waals surface area contributed by atoms with Crippen LogP contribution in [-0.4, -0.2) is 58.2 Å². The Balaban J connectivity index is 1.45.